The summed E-state index contributed by atoms with van der Waals surface area (Å²) in [6.45, 7) is 0. The van der Waals surface area contributed by atoms with E-state index in [1.165, 1.54) is 0 Å². The zero-order valence-corrected chi connectivity index (χ0v) is 10.2. The van der Waals surface area contributed by atoms with Crippen LogP contribution in [0.15, 0.2) is 27.5 Å². The first kappa shape index (κ1) is 10.7. The lowest BCUT2D eigenvalue weighted by molar-refractivity contribution is 0.252. The van der Waals surface area contributed by atoms with Gasteiger partial charge in [-0.25, -0.2) is 9.49 Å². The number of halogens is 2. The van der Waals surface area contributed by atoms with Gasteiger partial charge in [-0.3, -0.25) is 4.79 Å². The number of aromatic nitrogens is 2. The van der Waals surface area contributed by atoms with Crippen molar-refractivity contribution >= 4 is 26.7 Å². The second-order valence-corrected chi connectivity index (χ2v) is 4.87. The minimum atomic E-state index is -0.925. The molecule has 1 aliphatic carbocycles. The van der Waals surface area contributed by atoms with Crippen LogP contribution < -0.4 is 10.3 Å². The summed E-state index contributed by atoms with van der Waals surface area (Å²) < 4.78 is 19.0. The van der Waals surface area contributed by atoms with E-state index < -0.39 is 12.3 Å². The molecule has 0 spiro atoms. The second-order valence-electron chi connectivity index (χ2n) is 3.96. The van der Waals surface area contributed by atoms with Crippen molar-refractivity contribution in [1.82, 2.24) is 10.2 Å². The molecule has 1 heterocycles. The van der Waals surface area contributed by atoms with Gasteiger partial charge in [-0.1, -0.05) is 15.9 Å². The highest BCUT2D eigenvalue weighted by molar-refractivity contribution is 9.10. The van der Waals surface area contributed by atoms with Crippen LogP contribution in [0.1, 0.15) is 6.42 Å². The van der Waals surface area contributed by atoms with Gasteiger partial charge < -0.3 is 4.74 Å². The largest absolute Gasteiger partial charge is 0.470 e. The van der Waals surface area contributed by atoms with Gasteiger partial charge in [0.05, 0.1) is 10.8 Å². The molecule has 1 aromatic carbocycles. The fraction of sp³-hybridized carbons (Fsp3) is 0.273. The molecule has 2 aromatic rings. The summed E-state index contributed by atoms with van der Waals surface area (Å²) in [6, 6.07) is 5.17. The summed E-state index contributed by atoms with van der Waals surface area (Å²) in [4.78, 5) is 11.5. The maximum atomic E-state index is 12.8. The van der Waals surface area contributed by atoms with Gasteiger partial charge in [-0.05, 0) is 18.2 Å². The van der Waals surface area contributed by atoms with Gasteiger partial charge in [0, 0.05) is 10.9 Å². The van der Waals surface area contributed by atoms with Gasteiger partial charge in [-0.15, -0.1) is 5.10 Å². The zero-order valence-electron chi connectivity index (χ0n) is 8.61. The molecule has 88 valence electrons. The van der Waals surface area contributed by atoms with Crippen molar-refractivity contribution in [2.24, 2.45) is 0 Å². The number of nitrogens with zero attached hydrogens (tertiary/aromatic N) is 1. The molecule has 2 unspecified atom stereocenters. The lowest BCUT2D eigenvalue weighted by atomic mass is 10.2. The molecule has 17 heavy (non-hydrogen) atoms. The first-order valence-electron chi connectivity index (χ1n) is 5.14. The zero-order chi connectivity index (χ0) is 12.0. The molecular weight excluding hydrogens is 291 g/mol. The number of rotatable bonds is 2. The van der Waals surface area contributed by atoms with Crippen LogP contribution in [-0.4, -0.2) is 22.5 Å². The summed E-state index contributed by atoms with van der Waals surface area (Å²) in [5.74, 6) is 0.269. The smallest absolute Gasteiger partial charge is 0.272 e. The quantitative estimate of drug-likeness (QED) is 0.924. The molecule has 1 saturated carbocycles. The van der Waals surface area contributed by atoms with Gasteiger partial charge in [0.1, 0.15) is 12.3 Å². The Hall–Kier alpha value is -1.43. The maximum absolute atomic E-state index is 12.8. The lowest BCUT2D eigenvalue weighted by Gasteiger charge is -2.06. The van der Waals surface area contributed by atoms with Crippen molar-refractivity contribution in [1.29, 1.82) is 0 Å². The Kier molecular flexibility index (Phi) is 2.39. The third-order valence-electron chi connectivity index (χ3n) is 2.64. The average molecular weight is 299 g/mol. The van der Waals surface area contributed by atoms with Gasteiger partial charge >= 0.3 is 0 Å². The number of nitrogens with one attached hydrogen (secondary N) is 1. The molecule has 1 aromatic heterocycles. The molecule has 0 amide bonds. The summed E-state index contributed by atoms with van der Waals surface area (Å²) in [7, 11) is 0. The van der Waals surface area contributed by atoms with Crippen LogP contribution in [0.25, 0.3) is 10.8 Å². The highest BCUT2D eigenvalue weighted by Crippen LogP contribution is 2.32. The molecule has 4 nitrogen and oxygen atoms in total. The Morgan fingerprint density at radius 2 is 2.24 bits per heavy atom. The molecule has 0 radical (unpaired) electrons. The van der Waals surface area contributed by atoms with Gasteiger partial charge in [0.25, 0.3) is 5.56 Å². The molecule has 1 N–H and O–H groups in total. The summed E-state index contributed by atoms with van der Waals surface area (Å²) in [5.41, 5.74) is -0.285. The Morgan fingerprint density at radius 3 is 2.94 bits per heavy atom. The van der Waals surface area contributed by atoms with E-state index in [4.69, 9.17) is 4.74 Å². The minimum Gasteiger partial charge on any atom is -0.470 e. The van der Waals surface area contributed by atoms with Crippen molar-refractivity contribution in [3.8, 4) is 5.88 Å². The van der Waals surface area contributed by atoms with Gasteiger partial charge in [0.2, 0.25) is 5.88 Å². The number of H-pyrrole nitrogens is 1. The van der Waals surface area contributed by atoms with Gasteiger partial charge in [-0.2, -0.15) is 0 Å². The minimum absolute atomic E-state index is 0.269. The molecule has 0 aliphatic heterocycles. The molecule has 6 heteroatoms. The van der Waals surface area contributed by atoms with Crippen LogP contribution in [0, 0.1) is 0 Å². The van der Waals surface area contributed by atoms with Crippen LogP contribution in [0.4, 0.5) is 4.39 Å². The van der Waals surface area contributed by atoms with E-state index in [2.05, 4.69) is 26.1 Å². The molecule has 0 bridgehead atoms. The van der Waals surface area contributed by atoms with E-state index in [0.717, 1.165) is 4.47 Å². The number of hydrogen-bond donors (Lipinski definition) is 1. The number of ether oxygens (including phenoxy) is 1. The summed E-state index contributed by atoms with van der Waals surface area (Å²) in [5, 5.41) is 7.22. The predicted octanol–water partition coefficient (Wildman–Crippen LogP) is 2.17. The average Bonchev–Trinajstić information content (AvgIpc) is 2.98. The summed E-state index contributed by atoms with van der Waals surface area (Å²) >= 11 is 3.32. The topological polar surface area (TPSA) is 55.0 Å². The number of aromatic amines is 1. The number of alkyl halides is 1. The van der Waals surface area contributed by atoms with E-state index in [1.807, 2.05) is 0 Å². The highest BCUT2D eigenvalue weighted by Gasteiger charge is 2.40. The van der Waals surface area contributed by atoms with Crippen molar-refractivity contribution in [3.63, 3.8) is 0 Å². The molecule has 1 fully saturated rings. The monoisotopic (exact) mass is 298 g/mol. The van der Waals surface area contributed by atoms with Crippen molar-refractivity contribution < 1.29 is 9.13 Å². The van der Waals surface area contributed by atoms with Crippen LogP contribution >= 0.6 is 15.9 Å². The summed E-state index contributed by atoms with van der Waals surface area (Å²) in [6.07, 6.45) is -0.974. The predicted molar refractivity (Wildman–Crippen MR) is 64.0 cm³/mol. The van der Waals surface area contributed by atoms with Crippen molar-refractivity contribution in [3.05, 3.63) is 33.0 Å². The van der Waals surface area contributed by atoms with E-state index in [-0.39, 0.29) is 11.4 Å². The molecule has 2 atom stereocenters. The number of fused-ring (bicyclic) bond motifs is 1. The van der Waals surface area contributed by atoms with Crippen LogP contribution in [0.3, 0.4) is 0 Å². The van der Waals surface area contributed by atoms with Crippen molar-refractivity contribution in [2.45, 2.75) is 18.7 Å². The first-order valence-corrected chi connectivity index (χ1v) is 5.93. The van der Waals surface area contributed by atoms with Crippen LogP contribution in [0.5, 0.6) is 5.88 Å². The molecule has 1 aliphatic rings. The van der Waals surface area contributed by atoms with E-state index in [0.29, 0.717) is 17.2 Å². The second kappa shape index (κ2) is 3.80. The number of benzene rings is 1. The normalized spacial score (nSPS) is 22.7. The van der Waals surface area contributed by atoms with E-state index in [1.54, 1.807) is 18.2 Å². The first-order chi connectivity index (χ1) is 8.15. The van der Waals surface area contributed by atoms with Crippen molar-refractivity contribution in [2.75, 3.05) is 0 Å². The number of hydrogen-bond acceptors (Lipinski definition) is 3. The SMILES string of the molecule is O=c1[nH]nc(OC2CC2F)c2cc(Br)ccc12. The van der Waals surface area contributed by atoms with E-state index >= 15 is 0 Å². The molecule has 3 rings (SSSR count). The molecule has 0 saturated heterocycles. The van der Waals surface area contributed by atoms with Crippen LogP contribution in [0.2, 0.25) is 0 Å². The standard InChI is InChI=1S/C11H8BrFN2O2/c12-5-1-2-6-7(3-5)11(15-14-10(6)16)17-9-4-8(9)13/h1-3,8-9H,4H2,(H,14,16). The fourth-order valence-corrected chi connectivity index (χ4v) is 1.97. The molecular formula is C11H8BrFN2O2. The third-order valence-corrected chi connectivity index (χ3v) is 3.13. The van der Waals surface area contributed by atoms with Gasteiger partial charge in [0.15, 0.2) is 0 Å². The maximum Gasteiger partial charge on any atom is 0.272 e. The van der Waals surface area contributed by atoms with E-state index in [9.17, 15) is 9.18 Å². The lowest BCUT2D eigenvalue weighted by Crippen LogP contribution is -2.12. The van der Waals surface area contributed by atoms with Crippen LogP contribution in [-0.2, 0) is 0 Å². The fourth-order valence-electron chi connectivity index (χ4n) is 1.61. The Bertz CT molecular complexity index is 643. The Labute approximate surface area is 104 Å². The highest BCUT2D eigenvalue weighted by atomic mass is 79.9. The Balaban J connectivity index is 2.14. The Morgan fingerprint density at radius 1 is 1.47 bits per heavy atom. The third kappa shape index (κ3) is 1.93.